The van der Waals surface area contributed by atoms with E-state index in [0.717, 1.165) is 5.69 Å². The Morgan fingerprint density at radius 2 is 1.97 bits per heavy atom. The molecule has 10 heteroatoms. The Morgan fingerprint density at radius 3 is 2.65 bits per heavy atom. The highest BCUT2D eigenvalue weighted by Crippen LogP contribution is 2.38. The van der Waals surface area contributed by atoms with Gasteiger partial charge in [-0.3, -0.25) is 10.1 Å². The molecule has 2 aliphatic rings. The Balaban J connectivity index is 1.28. The van der Waals surface area contributed by atoms with Crippen LogP contribution in [0.3, 0.4) is 0 Å². The van der Waals surface area contributed by atoms with Gasteiger partial charge < -0.3 is 19.7 Å². The van der Waals surface area contributed by atoms with Crippen molar-refractivity contribution in [3.05, 3.63) is 24.2 Å². The SMILES string of the molecule is CC(C)(C)OC(=O)N1CCC(Oc2cncc(Nc3cc(C4CC(F)C4)[nH]n3)n2)CC1. The molecule has 3 heterocycles. The molecule has 0 bridgehead atoms. The molecule has 4 rings (SSSR count). The number of H-pyrrole nitrogens is 1. The van der Waals surface area contributed by atoms with E-state index >= 15 is 0 Å². The second kappa shape index (κ2) is 8.68. The van der Waals surface area contributed by atoms with Gasteiger partial charge in [0.15, 0.2) is 11.6 Å². The Labute approximate surface area is 180 Å². The summed E-state index contributed by atoms with van der Waals surface area (Å²) in [6, 6.07) is 1.87. The molecule has 0 atom stereocenters. The summed E-state index contributed by atoms with van der Waals surface area (Å²) in [7, 11) is 0. The first-order valence-corrected chi connectivity index (χ1v) is 10.7. The number of nitrogens with one attached hydrogen (secondary N) is 2. The van der Waals surface area contributed by atoms with Crippen LogP contribution in [0.5, 0.6) is 5.88 Å². The van der Waals surface area contributed by atoms with E-state index < -0.39 is 11.8 Å². The van der Waals surface area contributed by atoms with Gasteiger partial charge in [0.1, 0.15) is 17.9 Å². The molecule has 1 aliphatic carbocycles. The van der Waals surface area contributed by atoms with Crippen LogP contribution in [0.1, 0.15) is 58.1 Å². The number of carbonyl (C=O) groups excluding carboxylic acids is 1. The molecular weight excluding hydrogens is 403 g/mol. The monoisotopic (exact) mass is 432 g/mol. The Hall–Kier alpha value is -2.91. The predicted octanol–water partition coefficient (Wildman–Crippen LogP) is 3.94. The molecule has 31 heavy (non-hydrogen) atoms. The number of hydrogen-bond donors (Lipinski definition) is 2. The highest BCUT2D eigenvalue weighted by molar-refractivity contribution is 5.68. The summed E-state index contributed by atoms with van der Waals surface area (Å²) in [4.78, 5) is 22.5. The van der Waals surface area contributed by atoms with Gasteiger partial charge in [0.05, 0.1) is 12.4 Å². The van der Waals surface area contributed by atoms with Crippen LogP contribution in [0.15, 0.2) is 18.5 Å². The number of nitrogens with zero attached hydrogens (tertiary/aromatic N) is 4. The molecule has 0 radical (unpaired) electrons. The van der Waals surface area contributed by atoms with Gasteiger partial charge in [0, 0.05) is 43.6 Å². The Kier molecular flexibility index (Phi) is 5.97. The van der Waals surface area contributed by atoms with Crippen LogP contribution in [0.4, 0.5) is 20.8 Å². The number of piperidine rings is 1. The molecule has 2 aromatic rings. The van der Waals surface area contributed by atoms with E-state index in [9.17, 15) is 9.18 Å². The van der Waals surface area contributed by atoms with Gasteiger partial charge >= 0.3 is 6.09 Å². The van der Waals surface area contributed by atoms with E-state index in [2.05, 4.69) is 25.5 Å². The summed E-state index contributed by atoms with van der Waals surface area (Å²) >= 11 is 0. The molecule has 2 aromatic heterocycles. The second-order valence-electron chi connectivity index (χ2n) is 9.13. The van der Waals surface area contributed by atoms with Gasteiger partial charge in [-0.05, 0) is 33.6 Å². The van der Waals surface area contributed by atoms with Crippen molar-refractivity contribution in [2.45, 2.75) is 70.2 Å². The van der Waals surface area contributed by atoms with Crippen molar-refractivity contribution >= 4 is 17.7 Å². The number of amides is 1. The molecule has 0 unspecified atom stereocenters. The minimum atomic E-state index is -0.708. The number of ether oxygens (including phenoxy) is 2. The topological polar surface area (TPSA) is 105 Å². The first-order valence-electron chi connectivity index (χ1n) is 10.7. The lowest BCUT2D eigenvalue weighted by molar-refractivity contribution is 0.0123. The van der Waals surface area contributed by atoms with Gasteiger partial charge in [-0.1, -0.05) is 0 Å². The lowest BCUT2D eigenvalue weighted by atomic mass is 9.81. The second-order valence-corrected chi connectivity index (χ2v) is 9.13. The van der Waals surface area contributed by atoms with Gasteiger partial charge in [0.2, 0.25) is 5.88 Å². The minimum Gasteiger partial charge on any atom is -0.473 e. The summed E-state index contributed by atoms with van der Waals surface area (Å²) in [6.07, 6.45) is 4.57. The number of likely N-dealkylation sites (tertiary alicyclic amines) is 1. The summed E-state index contributed by atoms with van der Waals surface area (Å²) in [5, 5.41) is 10.3. The zero-order chi connectivity index (χ0) is 22.0. The van der Waals surface area contributed by atoms with Gasteiger partial charge in [-0.15, -0.1) is 0 Å². The number of halogens is 1. The highest BCUT2D eigenvalue weighted by atomic mass is 19.1. The van der Waals surface area contributed by atoms with Crippen molar-refractivity contribution in [2.24, 2.45) is 0 Å². The lowest BCUT2D eigenvalue weighted by Crippen LogP contribution is -2.44. The number of hydrogen-bond acceptors (Lipinski definition) is 7. The van der Waals surface area contributed by atoms with Crippen molar-refractivity contribution in [1.29, 1.82) is 0 Å². The first kappa shape index (κ1) is 21.3. The van der Waals surface area contributed by atoms with Crippen molar-refractivity contribution in [1.82, 2.24) is 25.1 Å². The third-order valence-corrected chi connectivity index (χ3v) is 5.37. The fourth-order valence-electron chi connectivity index (χ4n) is 3.66. The number of aromatic amines is 1. The maximum atomic E-state index is 13.1. The standard InChI is InChI=1S/C21H29FN6O3/c1-21(2,3)31-20(29)28-6-4-15(5-7-28)30-19-12-23-11-18(25-19)24-17-10-16(26-27-17)13-8-14(22)9-13/h10-15H,4-9H2,1-3H3,(H2,24,25,26,27). The summed E-state index contributed by atoms with van der Waals surface area (Å²) in [6.45, 7) is 6.72. The molecule has 2 N–H and O–H groups in total. The smallest absolute Gasteiger partial charge is 0.410 e. The van der Waals surface area contributed by atoms with Crippen molar-refractivity contribution in [3.8, 4) is 5.88 Å². The number of carbonyl (C=O) groups is 1. The van der Waals surface area contributed by atoms with E-state index in [0.29, 0.717) is 56.3 Å². The fraction of sp³-hybridized carbons (Fsp3) is 0.619. The largest absolute Gasteiger partial charge is 0.473 e. The van der Waals surface area contributed by atoms with Crippen LogP contribution in [0, 0.1) is 0 Å². The third kappa shape index (κ3) is 5.62. The average Bonchev–Trinajstić information content (AvgIpc) is 3.13. The van der Waals surface area contributed by atoms with E-state index in [-0.39, 0.29) is 18.1 Å². The minimum absolute atomic E-state index is 0.0486. The van der Waals surface area contributed by atoms with Crippen LogP contribution in [0.2, 0.25) is 0 Å². The quantitative estimate of drug-likeness (QED) is 0.737. The lowest BCUT2D eigenvalue weighted by Gasteiger charge is -2.33. The van der Waals surface area contributed by atoms with Crippen LogP contribution < -0.4 is 10.1 Å². The number of rotatable bonds is 5. The number of alkyl halides is 1. The first-order chi connectivity index (χ1) is 14.7. The van der Waals surface area contributed by atoms with E-state index in [4.69, 9.17) is 9.47 Å². The fourth-order valence-corrected chi connectivity index (χ4v) is 3.66. The van der Waals surface area contributed by atoms with Crippen LogP contribution >= 0.6 is 0 Å². The van der Waals surface area contributed by atoms with Crippen molar-refractivity contribution in [3.63, 3.8) is 0 Å². The molecule has 168 valence electrons. The van der Waals surface area contributed by atoms with Gasteiger partial charge in [-0.2, -0.15) is 10.1 Å². The third-order valence-electron chi connectivity index (χ3n) is 5.37. The van der Waals surface area contributed by atoms with Gasteiger partial charge in [-0.25, -0.2) is 9.18 Å². The maximum Gasteiger partial charge on any atom is 0.410 e. The molecule has 1 aliphatic heterocycles. The van der Waals surface area contributed by atoms with E-state index in [1.165, 1.54) is 0 Å². The van der Waals surface area contributed by atoms with E-state index in [1.54, 1.807) is 17.3 Å². The number of aromatic nitrogens is 4. The van der Waals surface area contributed by atoms with Gasteiger partial charge in [0.25, 0.3) is 0 Å². The molecule has 9 nitrogen and oxygen atoms in total. The van der Waals surface area contributed by atoms with Crippen LogP contribution in [-0.2, 0) is 4.74 Å². The molecular formula is C21H29FN6O3. The van der Waals surface area contributed by atoms with E-state index in [1.807, 2.05) is 26.8 Å². The highest BCUT2D eigenvalue weighted by Gasteiger charge is 2.31. The van der Waals surface area contributed by atoms with Crippen LogP contribution in [0.25, 0.3) is 0 Å². The molecule has 1 saturated carbocycles. The predicted molar refractivity (Wildman–Crippen MR) is 112 cm³/mol. The summed E-state index contributed by atoms with van der Waals surface area (Å²) in [5.41, 5.74) is 0.421. The molecule has 1 saturated heterocycles. The number of anilines is 2. The zero-order valence-corrected chi connectivity index (χ0v) is 18.1. The maximum absolute atomic E-state index is 13.1. The normalized spacial score (nSPS) is 22.0. The molecule has 1 amide bonds. The zero-order valence-electron chi connectivity index (χ0n) is 18.1. The Morgan fingerprint density at radius 1 is 1.23 bits per heavy atom. The molecule has 0 aromatic carbocycles. The summed E-state index contributed by atoms with van der Waals surface area (Å²) < 4.78 is 24.5. The van der Waals surface area contributed by atoms with Crippen molar-refractivity contribution < 1.29 is 18.7 Å². The summed E-state index contributed by atoms with van der Waals surface area (Å²) in [5.74, 6) is 1.73. The average molecular weight is 433 g/mol. The molecule has 0 spiro atoms. The Bertz CT molecular complexity index is 901. The molecule has 2 fully saturated rings. The van der Waals surface area contributed by atoms with Crippen LogP contribution in [-0.4, -0.2) is 62.1 Å². The van der Waals surface area contributed by atoms with Crippen molar-refractivity contribution in [2.75, 3.05) is 18.4 Å².